The first-order valence-corrected chi connectivity index (χ1v) is 16.5. The first kappa shape index (κ1) is 30.2. The molecule has 230 valence electrons. The molecule has 3 N–H and O–H groups in total. The van der Waals surface area contributed by atoms with Crippen molar-refractivity contribution in [1.82, 2.24) is 24.1 Å². The largest absolute Gasteiger partial charge is 0.494 e. The van der Waals surface area contributed by atoms with Crippen LogP contribution in [0.2, 0.25) is 5.02 Å². The molecule has 2 aliphatic heterocycles. The van der Waals surface area contributed by atoms with E-state index < -0.39 is 17.1 Å². The molecule has 3 atom stereocenters. The van der Waals surface area contributed by atoms with Crippen LogP contribution < -0.4 is 15.4 Å². The number of nitrogens with zero attached hydrogens (tertiary/aromatic N) is 5. The van der Waals surface area contributed by atoms with Crippen LogP contribution in [0.4, 0.5) is 23.1 Å². The zero-order chi connectivity index (χ0) is 29.9. The highest BCUT2D eigenvalue weighted by atomic mass is 35.5. The Morgan fingerprint density at radius 2 is 1.86 bits per heavy atom. The van der Waals surface area contributed by atoms with Gasteiger partial charge in [0.2, 0.25) is 5.95 Å². The Morgan fingerprint density at radius 1 is 1.05 bits per heavy atom. The van der Waals surface area contributed by atoms with Crippen LogP contribution in [0.25, 0.3) is 0 Å². The van der Waals surface area contributed by atoms with Crippen molar-refractivity contribution in [3.05, 3.63) is 58.7 Å². The number of aromatic nitrogens is 2. The van der Waals surface area contributed by atoms with Crippen molar-refractivity contribution in [2.24, 2.45) is 0 Å². The second kappa shape index (κ2) is 13.5. The molecule has 3 heterocycles. The van der Waals surface area contributed by atoms with Gasteiger partial charge in [0.25, 0.3) is 0 Å². The Balaban J connectivity index is 1.21. The smallest absolute Gasteiger partial charge is 0.229 e. The quantitative estimate of drug-likeness (QED) is 0.318. The van der Waals surface area contributed by atoms with Crippen LogP contribution in [0.5, 0.6) is 5.75 Å². The zero-order valence-corrected chi connectivity index (χ0v) is 26.3. The number of ether oxygens (including phenoxy) is 1. The molecule has 0 radical (unpaired) electrons. The van der Waals surface area contributed by atoms with E-state index in [9.17, 15) is 9.32 Å². The van der Waals surface area contributed by atoms with E-state index in [4.69, 9.17) is 16.3 Å². The van der Waals surface area contributed by atoms with Crippen LogP contribution >= 0.6 is 11.6 Å². The maximum absolute atomic E-state index is 13.3. The lowest BCUT2D eigenvalue weighted by molar-refractivity contribution is 0.106. The van der Waals surface area contributed by atoms with Gasteiger partial charge in [0.15, 0.2) is 5.82 Å². The highest BCUT2D eigenvalue weighted by Gasteiger charge is 2.28. The molecular weight excluding hydrogens is 586 g/mol. The summed E-state index contributed by atoms with van der Waals surface area (Å²) in [6, 6.07) is 12.2. The van der Waals surface area contributed by atoms with Gasteiger partial charge in [-0.1, -0.05) is 29.8 Å². The summed E-state index contributed by atoms with van der Waals surface area (Å²) in [5.41, 5.74) is 4.03. The standard InChI is InChI=1S/C31H40ClN7O3S/c1-37-14-16-38(17-15-37)22-6-5-7-24-21(18-22)10-11-27(29(24)42-2)35-31-33-19-25(32)30(36-31)34-26-8-3-4-9-28(26)43(41)39-13-12-23(40)20-39/h3-4,8-11,19,22-23,40H,5-7,12-18,20H2,1-2H3,(H2,33,34,35,36). The number of piperazine rings is 1. The minimum absolute atomic E-state index is 0.339. The fraction of sp³-hybridized carbons (Fsp3) is 0.484. The Bertz CT molecular complexity index is 1470. The number of hydrogen-bond acceptors (Lipinski definition) is 9. The fourth-order valence-electron chi connectivity index (χ4n) is 6.32. The van der Waals surface area contributed by atoms with Gasteiger partial charge in [0.05, 0.1) is 35.7 Å². The molecule has 0 spiro atoms. The minimum atomic E-state index is -1.43. The fourth-order valence-corrected chi connectivity index (χ4v) is 7.82. The SMILES string of the molecule is COc1c(Nc2ncc(Cl)c(Nc3ccccc3S(=O)N3CCC(O)C3)n2)ccc2c1CCCC(N1CCN(C)CC1)C2. The number of methoxy groups -OCH3 is 1. The number of aliphatic hydroxyl groups is 1. The highest BCUT2D eigenvalue weighted by Crippen LogP contribution is 2.38. The third-order valence-electron chi connectivity index (χ3n) is 8.72. The van der Waals surface area contributed by atoms with Gasteiger partial charge >= 0.3 is 0 Å². The summed E-state index contributed by atoms with van der Waals surface area (Å²) in [7, 11) is 2.48. The van der Waals surface area contributed by atoms with Gasteiger partial charge < -0.3 is 25.4 Å². The number of likely N-dealkylation sites (N-methyl/N-ethyl adjacent to an activating group) is 1. The van der Waals surface area contributed by atoms with E-state index in [0.717, 1.165) is 56.9 Å². The van der Waals surface area contributed by atoms with Crippen molar-refractivity contribution in [2.75, 3.05) is 64.1 Å². The van der Waals surface area contributed by atoms with Crippen LogP contribution in [-0.2, 0) is 23.8 Å². The molecule has 3 aliphatic rings. The lowest BCUT2D eigenvalue weighted by Gasteiger charge is -2.37. The molecule has 1 aromatic heterocycles. The molecule has 1 aliphatic carbocycles. The molecule has 2 fully saturated rings. The first-order valence-electron chi connectivity index (χ1n) is 15.0. The molecule has 0 saturated carbocycles. The van der Waals surface area contributed by atoms with Gasteiger partial charge in [0, 0.05) is 45.3 Å². The maximum atomic E-state index is 13.3. The number of fused-ring (bicyclic) bond motifs is 1. The van der Waals surface area contributed by atoms with Crippen molar-refractivity contribution in [3.8, 4) is 5.75 Å². The Labute approximate surface area is 261 Å². The van der Waals surface area contributed by atoms with E-state index in [1.165, 1.54) is 17.5 Å². The second-order valence-electron chi connectivity index (χ2n) is 11.6. The predicted octanol–water partition coefficient (Wildman–Crippen LogP) is 4.21. The number of hydrogen-bond donors (Lipinski definition) is 3. The number of aliphatic hydroxyl groups excluding tert-OH is 1. The number of halogens is 1. The van der Waals surface area contributed by atoms with E-state index >= 15 is 0 Å². The van der Waals surface area contributed by atoms with Crippen molar-refractivity contribution in [2.45, 2.75) is 49.1 Å². The van der Waals surface area contributed by atoms with Crippen molar-refractivity contribution in [1.29, 1.82) is 0 Å². The second-order valence-corrected chi connectivity index (χ2v) is 13.5. The molecule has 10 nitrogen and oxygen atoms in total. The number of rotatable bonds is 8. The van der Waals surface area contributed by atoms with E-state index in [1.807, 2.05) is 24.3 Å². The topological polar surface area (TPSA) is 106 Å². The monoisotopic (exact) mass is 625 g/mol. The third-order valence-corrected chi connectivity index (χ3v) is 10.5. The highest BCUT2D eigenvalue weighted by molar-refractivity contribution is 7.82. The summed E-state index contributed by atoms with van der Waals surface area (Å²) in [6.07, 6.45) is 5.99. The lowest BCUT2D eigenvalue weighted by Crippen LogP contribution is -2.49. The first-order chi connectivity index (χ1) is 20.9. The Hall–Kier alpha value is -2.80. The normalized spacial score (nSPS) is 22.5. The molecule has 0 amide bonds. The third kappa shape index (κ3) is 6.82. The van der Waals surface area contributed by atoms with Gasteiger partial charge in [-0.25, -0.2) is 13.5 Å². The van der Waals surface area contributed by atoms with Crippen LogP contribution in [0, 0.1) is 0 Å². The van der Waals surface area contributed by atoms with Crippen LogP contribution in [0.3, 0.4) is 0 Å². The van der Waals surface area contributed by atoms with Gasteiger partial charge in [-0.05, 0) is 68.5 Å². The average molecular weight is 626 g/mol. The number of anilines is 4. The molecule has 6 rings (SSSR count). The zero-order valence-electron chi connectivity index (χ0n) is 24.8. The maximum Gasteiger partial charge on any atom is 0.229 e. The van der Waals surface area contributed by atoms with Crippen LogP contribution in [0.1, 0.15) is 30.4 Å². The molecule has 43 heavy (non-hydrogen) atoms. The predicted molar refractivity (Wildman–Crippen MR) is 171 cm³/mol. The molecule has 12 heteroatoms. The number of benzene rings is 2. The lowest BCUT2D eigenvalue weighted by atomic mass is 9.99. The summed E-state index contributed by atoms with van der Waals surface area (Å²) in [5, 5.41) is 16.9. The van der Waals surface area contributed by atoms with Crippen molar-refractivity contribution in [3.63, 3.8) is 0 Å². The summed E-state index contributed by atoms with van der Waals surface area (Å²) < 4.78 is 21.1. The minimum Gasteiger partial charge on any atom is -0.494 e. The van der Waals surface area contributed by atoms with Crippen LogP contribution in [0.15, 0.2) is 47.5 Å². The molecule has 2 saturated heterocycles. The Morgan fingerprint density at radius 3 is 2.63 bits per heavy atom. The van der Waals surface area contributed by atoms with Gasteiger partial charge in [-0.2, -0.15) is 4.98 Å². The summed E-state index contributed by atoms with van der Waals surface area (Å²) in [4.78, 5) is 14.8. The number of β-amino-alcohol motifs (C(OH)–C–C–N with tert-alkyl or cyclic N) is 1. The molecule has 3 unspecified atom stereocenters. The van der Waals surface area contributed by atoms with E-state index in [2.05, 4.69) is 49.6 Å². The van der Waals surface area contributed by atoms with Crippen molar-refractivity contribution >= 4 is 45.7 Å². The Kier molecular flexibility index (Phi) is 9.46. The number of nitrogens with one attached hydrogen (secondary N) is 2. The van der Waals surface area contributed by atoms with Gasteiger partial charge in [-0.15, -0.1) is 0 Å². The van der Waals surface area contributed by atoms with Gasteiger partial charge in [0.1, 0.15) is 21.8 Å². The van der Waals surface area contributed by atoms with Crippen LogP contribution in [-0.4, -0.2) is 99.0 Å². The number of para-hydroxylation sites is 1. The molecule has 2 aromatic carbocycles. The molecule has 0 bridgehead atoms. The van der Waals surface area contributed by atoms with E-state index in [-0.39, 0.29) is 0 Å². The summed E-state index contributed by atoms with van der Waals surface area (Å²) >= 11 is 6.52. The van der Waals surface area contributed by atoms with Crippen molar-refractivity contribution < 1.29 is 14.1 Å². The summed E-state index contributed by atoms with van der Waals surface area (Å²) in [6.45, 7) is 5.45. The van der Waals surface area contributed by atoms with E-state index in [0.29, 0.717) is 52.9 Å². The molecular formula is C31H40ClN7O3S. The summed E-state index contributed by atoms with van der Waals surface area (Å²) in [5.74, 6) is 1.60. The van der Waals surface area contributed by atoms with Gasteiger partial charge in [-0.3, -0.25) is 4.90 Å². The van der Waals surface area contributed by atoms with E-state index in [1.54, 1.807) is 17.6 Å². The average Bonchev–Trinajstić information content (AvgIpc) is 3.33. The molecule has 3 aromatic rings.